The summed E-state index contributed by atoms with van der Waals surface area (Å²) in [7, 11) is 1.33. The zero-order chi connectivity index (χ0) is 19.4. The highest BCUT2D eigenvalue weighted by molar-refractivity contribution is 7.99. The molecule has 5 nitrogen and oxygen atoms in total. The average molecular weight is 416 g/mol. The number of nitrogens with zero attached hydrogens (tertiary/aromatic N) is 3. The minimum absolute atomic E-state index is 0.0751. The van der Waals surface area contributed by atoms with Crippen LogP contribution in [0.2, 0.25) is 10.2 Å². The molecule has 0 unspecified atom stereocenters. The van der Waals surface area contributed by atoms with Crippen LogP contribution in [0, 0.1) is 11.3 Å². The maximum absolute atomic E-state index is 11.5. The Morgan fingerprint density at radius 1 is 1.07 bits per heavy atom. The third kappa shape index (κ3) is 4.40. The minimum atomic E-state index is -0.408. The molecule has 0 radical (unpaired) electrons. The van der Waals surface area contributed by atoms with Crippen molar-refractivity contribution >= 4 is 40.9 Å². The van der Waals surface area contributed by atoms with Gasteiger partial charge in [0.05, 0.1) is 18.4 Å². The van der Waals surface area contributed by atoms with Crippen molar-refractivity contribution in [3.63, 3.8) is 0 Å². The first-order valence-electron chi connectivity index (χ1n) is 7.61. The van der Waals surface area contributed by atoms with Crippen LogP contribution in [0.4, 0.5) is 0 Å². The van der Waals surface area contributed by atoms with Crippen LogP contribution in [-0.4, -0.2) is 23.0 Å². The number of hydrogen-bond acceptors (Lipinski definition) is 6. The van der Waals surface area contributed by atoms with Gasteiger partial charge in [-0.25, -0.2) is 14.8 Å². The molecule has 0 aliphatic heterocycles. The first-order valence-corrected chi connectivity index (χ1v) is 9.19. The van der Waals surface area contributed by atoms with E-state index in [1.807, 2.05) is 6.07 Å². The van der Waals surface area contributed by atoms with Crippen LogP contribution < -0.4 is 0 Å². The van der Waals surface area contributed by atoms with Crippen molar-refractivity contribution in [3.8, 4) is 17.3 Å². The number of benzene rings is 2. The Morgan fingerprint density at radius 3 is 2.33 bits per heavy atom. The Kier molecular flexibility index (Phi) is 5.97. The molecule has 3 aromatic rings. The molecule has 0 saturated heterocycles. The van der Waals surface area contributed by atoms with Crippen molar-refractivity contribution < 1.29 is 9.53 Å². The van der Waals surface area contributed by atoms with Crippen LogP contribution in [0.3, 0.4) is 0 Å². The monoisotopic (exact) mass is 415 g/mol. The smallest absolute Gasteiger partial charge is 0.337 e. The topological polar surface area (TPSA) is 75.9 Å². The van der Waals surface area contributed by atoms with Crippen LogP contribution in [0.1, 0.15) is 15.9 Å². The van der Waals surface area contributed by atoms with Crippen LogP contribution in [0.5, 0.6) is 0 Å². The van der Waals surface area contributed by atoms with Crippen LogP contribution >= 0.6 is 35.0 Å². The van der Waals surface area contributed by atoms with Crippen LogP contribution in [-0.2, 0) is 4.74 Å². The van der Waals surface area contributed by atoms with Crippen LogP contribution in [0.15, 0.2) is 58.6 Å². The standard InChI is InChI=1S/C19H11Cl2N3O2S/c1-26-18(25)12-4-8-14(9-5-12)27-19-23-16(15(10-22)17(21)24-19)11-2-6-13(20)7-3-11/h2-9H,1H3. The van der Waals surface area contributed by atoms with Gasteiger partial charge in [-0.2, -0.15) is 5.26 Å². The molecule has 134 valence electrons. The van der Waals surface area contributed by atoms with Gasteiger partial charge in [-0.1, -0.05) is 35.3 Å². The Labute approximate surface area is 169 Å². The largest absolute Gasteiger partial charge is 0.465 e. The van der Waals surface area contributed by atoms with Gasteiger partial charge in [0.1, 0.15) is 11.6 Å². The van der Waals surface area contributed by atoms with E-state index >= 15 is 0 Å². The molecule has 0 aliphatic carbocycles. The van der Waals surface area contributed by atoms with E-state index in [0.29, 0.717) is 27.0 Å². The third-order valence-electron chi connectivity index (χ3n) is 3.56. The molecule has 0 saturated carbocycles. The number of nitriles is 1. The van der Waals surface area contributed by atoms with Gasteiger partial charge >= 0.3 is 5.97 Å². The molecule has 0 amide bonds. The van der Waals surface area contributed by atoms with Gasteiger partial charge in [0, 0.05) is 15.5 Å². The van der Waals surface area contributed by atoms with E-state index < -0.39 is 5.97 Å². The fourth-order valence-corrected chi connectivity index (χ4v) is 3.40. The summed E-state index contributed by atoms with van der Waals surface area (Å²) >= 11 is 13.4. The molecular weight excluding hydrogens is 405 g/mol. The Hall–Kier alpha value is -2.59. The highest BCUT2D eigenvalue weighted by Crippen LogP contribution is 2.32. The van der Waals surface area contributed by atoms with E-state index in [1.165, 1.54) is 18.9 Å². The lowest BCUT2D eigenvalue weighted by Crippen LogP contribution is -2.00. The highest BCUT2D eigenvalue weighted by atomic mass is 35.5. The number of carbonyl (C=O) groups is 1. The van der Waals surface area contributed by atoms with E-state index in [9.17, 15) is 10.1 Å². The summed E-state index contributed by atoms with van der Waals surface area (Å²) < 4.78 is 4.68. The molecule has 27 heavy (non-hydrogen) atoms. The predicted molar refractivity (Wildman–Crippen MR) is 104 cm³/mol. The lowest BCUT2D eigenvalue weighted by Gasteiger charge is -2.08. The molecule has 1 heterocycles. The molecule has 0 N–H and O–H groups in total. The van der Waals surface area contributed by atoms with E-state index in [4.69, 9.17) is 23.2 Å². The van der Waals surface area contributed by atoms with Gasteiger partial charge in [0.15, 0.2) is 10.3 Å². The average Bonchev–Trinajstić information content (AvgIpc) is 2.68. The predicted octanol–water partition coefficient (Wildman–Crippen LogP) is 5.26. The van der Waals surface area contributed by atoms with Gasteiger partial charge in [0.25, 0.3) is 0 Å². The molecule has 0 fully saturated rings. The molecule has 0 atom stereocenters. The van der Waals surface area contributed by atoms with E-state index in [-0.39, 0.29) is 10.7 Å². The van der Waals surface area contributed by atoms with Crippen molar-refractivity contribution in [1.82, 2.24) is 9.97 Å². The zero-order valence-corrected chi connectivity index (χ0v) is 16.3. The second-order valence-corrected chi connectivity index (χ2v) is 7.09. The SMILES string of the molecule is COC(=O)c1ccc(Sc2nc(Cl)c(C#N)c(-c3ccc(Cl)cc3)n2)cc1. The van der Waals surface area contributed by atoms with Gasteiger partial charge < -0.3 is 4.74 Å². The summed E-state index contributed by atoms with van der Waals surface area (Å²) in [6, 6.07) is 15.8. The quantitative estimate of drug-likeness (QED) is 0.328. The fourth-order valence-electron chi connectivity index (χ4n) is 2.26. The van der Waals surface area contributed by atoms with E-state index in [1.54, 1.807) is 48.5 Å². The van der Waals surface area contributed by atoms with Gasteiger partial charge in [-0.05, 0) is 48.2 Å². The maximum atomic E-state index is 11.5. The molecule has 1 aromatic heterocycles. The van der Waals surface area contributed by atoms with E-state index in [0.717, 1.165) is 4.90 Å². The van der Waals surface area contributed by atoms with Crippen molar-refractivity contribution in [1.29, 1.82) is 5.26 Å². The number of hydrogen-bond donors (Lipinski definition) is 0. The van der Waals surface area contributed by atoms with Crippen LogP contribution in [0.25, 0.3) is 11.3 Å². The lowest BCUT2D eigenvalue weighted by atomic mass is 10.1. The normalized spacial score (nSPS) is 10.3. The molecule has 8 heteroatoms. The van der Waals surface area contributed by atoms with E-state index in [2.05, 4.69) is 14.7 Å². The summed E-state index contributed by atoms with van der Waals surface area (Å²) in [6.45, 7) is 0. The first kappa shape index (κ1) is 19.2. The van der Waals surface area contributed by atoms with Gasteiger partial charge in [-0.3, -0.25) is 0 Å². The highest BCUT2D eigenvalue weighted by Gasteiger charge is 2.16. The Morgan fingerprint density at radius 2 is 1.74 bits per heavy atom. The van der Waals surface area contributed by atoms with Crippen molar-refractivity contribution in [2.75, 3.05) is 7.11 Å². The Bertz CT molecular complexity index is 1030. The van der Waals surface area contributed by atoms with Crippen molar-refractivity contribution in [2.45, 2.75) is 10.1 Å². The van der Waals surface area contributed by atoms with Crippen molar-refractivity contribution in [2.24, 2.45) is 0 Å². The molecular formula is C19H11Cl2N3O2S. The molecule has 3 rings (SSSR count). The summed E-state index contributed by atoms with van der Waals surface area (Å²) in [5.41, 5.74) is 1.79. The molecule has 2 aromatic carbocycles. The fraction of sp³-hybridized carbons (Fsp3) is 0.0526. The number of aromatic nitrogens is 2. The summed E-state index contributed by atoms with van der Waals surface area (Å²) in [5.74, 6) is -0.408. The molecule has 0 spiro atoms. The Balaban J connectivity index is 1.96. The minimum Gasteiger partial charge on any atom is -0.465 e. The van der Waals surface area contributed by atoms with Crippen molar-refractivity contribution in [3.05, 3.63) is 69.8 Å². The van der Waals surface area contributed by atoms with Gasteiger partial charge in [0.2, 0.25) is 0 Å². The molecule has 0 aliphatic rings. The zero-order valence-electron chi connectivity index (χ0n) is 13.9. The lowest BCUT2D eigenvalue weighted by molar-refractivity contribution is 0.0600. The summed E-state index contributed by atoms with van der Waals surface area (Å²) in [4.78, 5) is 21.0. The number of carbonyl (C=O) groups excluding carboxylic acids is 1. The maximum Gasteiger partial charge on any atom is 0.337 e. The number of rotatable bonds is 4. The number of ether oxygens (including phenoxy) is 1. The first-order chi connectivity index (χ1) is 13.0. The number of esters is 1. The van der Waals surface area contributed by atoms with Gasteiger partial charge in [-0.15, -0.1) is 0 Å². The second kappa shape index (κ2) is 8.40. The number of methoxy groups -OCH3 is 1. The second-order valence-electron chi connectivity index (χ2n) is 5.26. The third-order valence-corrected chi connectivity index (χ3v) is 4.96. The number of halogens is 2. The summed E-state index contributed by atoms with van der Waals surface area (Å²) in [5, 5.41) is 10.5. The summed E-state index contributed by atoms with van der Waals surface area (Å²) in [6.07, 6.45) is 0. The molecule has 0 bridgehead atoms.